The minimum absolute atomic E-state index is 0.363. The molecule has 0 aromatic heterocycles. The normalized spacial score (nSPS) is 33.0. The Bertz CT molecular complexity index is 276. The molecule has 0 saturated carbocycles. The molecule has 1 spiro atoms. The van der Waals surface area contributed by atoms with Crippen LogP contribution < -0.4 is 0 Å². The topological polar surface area (TPSA) is 44.8 Å². The molecule has 1 atom stereocenters. The van der Waals surface area contributed by atoms with Gasteiger partial charge in [0.05, 0.1) is 19.8 Å². The van der Waals surface area contributed by atoms with E-state index in [1.165, 1.54) is 13.2 Å². The monoisotopic (exact) mass is 212 g/mol. The molecule has 0 bridgehead atoms. The van der Waals surface area contributed by atoms with Gasteiger partial charge in [0.15, 0.2) is 0 Å². The molecule has 84 valence electrons. The van der Waals surface area contributed by atoms with E-state index in [2.05, 4.69) is 4.74 Å². The van der Waals surface area contributed by atoms with Crippen molar-refractivity contribution < 1.29 is 19.0 Å². The van der Waals surface area contributed by atoms with Crippen LogP contribution >= 0.6 is 0 Å². The minimum atomic E-state index is -0.446. The van der Waals surface area contributed by atoms with Crippen LogP contribution in [0, 0.1) is 0 Å². The molecule has 2 rings (SSSR count). The molecule has 2 aliphatic heterocycles. The van der Waals surface area contributed by atoms with Crippen LogP contribution in [-0.4, -0.2) is 25.5 Å². The summed E-state index contributed by atoms with van der Waals surface area (Å²) in [6.07, 6.45) is 6.16. The van der Waals surface area contributed by atoms with Crippen molar-refractivity contribution >= 4 is 5.97 Å². The second-order valence-corrected chi connectivity index (χ2v) is 3.95. The van der Waals surface area contributed by atoms with Gasteiger partial charge in [-0.15, -0.1) is 0 Å². The molecule has 0 amide bonds. The number of methoxy groups -OCH3 is 1. The molecule has 4 nitrogen and oxygen atoms in total. The third-order valence-electron chi connectivity index (χ3n) is 2.87. The first kappa shape index (κ1) is 10.5. The number of esters is 1. The van der Waals surface area contributed by atoms with E-state index >= 15 is 0 Å². The van der Waals surface area contributed by atoms with Gasteiger partial charge in [0.25, 0.3) is 0 Å². The van der Waals surface area contributed by atoms with Crippen molar-refractivity contribution in [2.75, 3.05) is 13.7 Å². The number of carbonyl (C=O) groups excluding carboxylic acids is 1. The average Bonchev–Trinajstić information content (AvgIpc) is 2.62. The zero-order chi connectivity index (χ0) is 10.7. The van der Waals surface area contributed by atoms with Gasteiger partial charge in [-0.3, -0.25) is 0 Å². The third kappa shape index (κ3) is 2.31. The Balaban J connectivity index is 1.99. The Labute approximate surface area is 89.2 Å². The van der Waals surface area contributed by atoms with Gasteiger partial charge in [0.2, 0.25) is 5.79 Å². The van der Waals surface area contributed by atoms with Gasteiger partial charge in [-0.05, 0) is 12.8 Å². The van der Waals surface area contributed by atoms with Crippen LogP contribution in [0.4, 0.5) is 0 Å². The summed E-state index contributed by atoms with van der Waals surface area (Å²) in [6, 6.07) is 0. The molecule has 0 radical (unpaired) electrons. The van der Waals surface area contributed by atoms with Crippen molar-refractivity contribution in [1.82, 2.24) is 0 Å². The number of carbonyl (C=O) groups is 1. The fourth-order valence-electron chi connectivity index (χ4n) is 2.05. The molecule has 2 heterocycles. The quantitative estimate of drug-likeness (QED) is 0.490. The molecule has 15 heavy (non-hydrogen) atoms. The fraction of sp³-hybridized carbons (Fsp3) is 0.727. The van der Waals surface area contributed by atoms with Gasteiger partial charge in [-0.2, -0.15) is 0 Å². The summed E-state index contributed by atoms with van der Waals surface area (Å²) in [7, 11) is 1.36. The molecule has 2 aliphatic rings. The lowest BCUT2D eigenvalue weighted by atomic mass is 10.0. The molecule has 2 saturated heterocycles. The summed E-state index contributed by atoms with van der Waals surface area (Å²) in [4.78, 5) is 11.0. The predicted octanol–water partition coefficient (Wildman–Crippen LogP) is 1.75. The van der Waals surface area contributed by atoms with Crippen LogP contribution in [-0.2, 0) is 19.0 Å². The van der Waals surface area contributed by atoms with Crippen LogP contribution in [0.5, 0.6) is 0 Å². The van der Waals surface area contributed by atoms with E-state index in [0.29, 0.717) is 5.76 Å². The van der Waals surface area contributed by atoms with E-state index < -0.39 is 5.79 Å². The van der Waals surface area contributed by atoms with Gasteiger partial charge in [-0.1, -0.05) is 0 Å². The van der Waals surface area contributed by atoms with E-state index in [0.717, 1.165) is 38.7 Å². The first-order chi connectivity index (χ1) is 7.24. The molecular weight excluding hydrogens is 196 g/mol. The second-order valence-electron chi connectivity index (χ2n) is 3.95. The molecular formula is C11H16O4. The van der Waals surface area contributed by atoms with Gasteiger partial charge >= 0.3 is 5.97 Å². The number of allylic oxidation sites excluding steroid dienone is 1. The number of hydrogen-bond acceptors (Lipinski definition) is 4. The summed E-state index contributed by atoms with van der Waals surface area (Å²) in [5.74, 6) is -0.125. The van der Waals surface area contributed by atoms with Gasteiger partial charge in [-0.25, -0.2) is 4.79 Å². The van der Waals surface area contributed by atoms with E-state index in [9.17, 15) is 4.79 Å². The lowest BCUT2D eigenvalue weighted by Crippen LogP contribution is -2.34. The lowest BCUT2D eigenvalue weighted by molar-refractivity contribution is -0.216. The van der Waals surface area contributed by atoms with Crippen molar-refractivity contribution in [1.29, 1.82) is 0 Å². The average molecular weight is 212 g/mol. The zero-order valence-corrected chi connectivity index (χ0v) is 8.95. The van der Waals surface area contributed by atoms with Crippen molar-refractivity contribution in [2.45, 2.75) is 37.9 Å². The molecule has 2 fully saturated rings. The maximum atomic E-state index is 11.0. The maximum Gasteiger partial charge on any atom is 0.333 e. The smallest absolute Gasteiger partial charge is 0.333 e. The maximum absolute atomic E-state index is 11.0. The Morgan fingerprint density at radius 2 is 2.33 bits per heavy atom. The van der Waals surface area contributed by atoms with Crippen molar-refractivity contribution in [3.63, 3.8) is 0 Å². The van der Waals surface area contributed by atoms with Crippen molar-refractivity contribution in [2.24, 2.45) is 0 Å². The summed E-state index contributed by atoms with van der Waals surface area (Å²) in [6.45, 7) is 0.755. The minimum Gasteiger partial charge on any atom is -0.466 e. The highest BCUT2D eigenvalue weighted by atomic mass is 16.7. The van der Waals surface area contributed by atoms with Crippen molar-refractivity contribution in [3.05, 3.63) is 11.8 Å². The van der Waals surface area contributed by atoms with E-state index in [-0.39, 0.29) is 5.97 Å². The Morgan fingerprint density at radius 3 is 3.00 bits per heavy atom. The third-order valence-corrected chi connectivity index (χ3v) is 2.87. The van der Waals surface area contributed by atoms with Gasteiger partial charge in [0, 0.05) is 19.3 Å². The summed E-state index contributed by atoms with van der Waals surface area (Å²) < 4.78 is 15.9. The van der Waals surface area contributed by atoms with Gasteiger partial charge < -0.3 is 14.2 Å². The summed E-state index contributed by atoms with van der Waals surface area (Å²) in [5.41, 5.74) is 0. The fourth-order valence-corrected chi connectivity index (χ4v) is 2.05. The number of hydrogen-bond donors (Lipinski definition) is 0. The predicted molar refractivity (Wildman–Crippen MR) is 53.0 cm³/mol. The Hall–Kier alpha value is -1.03. The highest BCUT2D eigenvalue weighted by molar-refractivity contribution is 5.82. The van der Waals surface area contributed by atoms with Crippen LogP contribution in [0.15, 0.2) is 11.8 Å². The molecule has 0 aromatic rings. The largest absolute Gasteiger partial charge is 0.466 e. The van der Waals surface area contributed by atoms with Crippen LogP contribution in [0.3, 0.4) is 0 Å². The van der Waals surface area contributed by atoms with E-state index in [1.807, 2.05) is 0 Å². The number of rotatable bonds is 1. The lowest BCUT2D eigenvalue weighted by Gasteiger charge is -2.32. The van der Waals surface area contributed by atoms with E-state index in [4.69, 9.17) is 9.47 Å². The molecule has 4 heteroatoms. The molecule has 0 aromatic carbocycles. The van der Waals surface area contributed by atoms with Crippen molar-refractivity contribution in [3.8, 4) is 0 Å². The number of ether oxygens (including phenoxy) is 3. The SMILES string of the molecule is COC(=O)/C=C1\CCC2(CCCCO2)O1. The standard InChI is InChI=1S/C11H16O4/c1-13-10(12)8-9-4-6-11(15-9)5-2-3-7-14-11/h8H,2-7H2,1H3/b9-8+. The highest BCUT2D eigenvalue weighted by Gasteiger charge is 2.40. The Morgan fingerprint density at radius 1 is 1.47 bits per heavy atom. The Kier molecular flexibility index (Phi) is 2.95. The van der Waals surface area contributed by atoms with Gasteiger partial charge in [0.1, 0.15) is 5.76 Å². The molecule has 0 N–H and O–H groups in total. The molecule has 1 unspecified atom stereocenters. The first-order valence-electron chi connectivity index (χ1n) is 5.36. The van der Waals surface area contributed by atoms with Crippen LogP contribution in [0.1, 0.15) is 32.1 Å². The summed E-state index contributed by atoms with van der Waals surface area (Å²) in [5, 5.41) is 0. The first-order valence-corrected chi connectivity index (χ1v) is 5.36. The zero-order valence-electron chi connectivity index (χ0n) is 8.95. The van der Waals surface area contributed by atoms with Crippen LogP contribution in [0.25, 0.3) is 0 Å². The van der Waals surface area contributed by atoms with E-state index in [1.54, 1.807) is 0 Å². The second kappa shape index (κ2) is 4.23. The van der Waals surface area contributed by atoms with Crippen LogP contribution in [0.2, 0.25) is 0 Å². The highest BCUT2D eigenvalue weighted by Crippen LogP contribution is 2.40. The summed E-state index contributed by atoms with van der Waals surface area (Å²) >= 11 is 0. The molecule has 0 aliphatic carbocycles.